The second-order valence-corrected chi connectivity index (χ2v) is 9.23. The molecule has 7 nitrogen and oxygen atoms in total. The minimum Gasteiger partial charge on any atom is -0.497 e. The van der Waals surface area contributed by atoms with Crippen LogP contribution in [0.3, 0.4) is 0 Å². The van der Waals surface area contributed by atoms with Gasteiger partial charge in [-0.15, -0.1) is 0 Å². The Balaban J connectivity index is 1.40. The van der Waals surface area contributed by atoms with Gasteiger partial charge in [0.05, 0.1) is 19.1 Å². The number of benzene rings is 2. The van der Waals surface area contributed by atoms with Crippen molar-refractivity contribution in [3.05, 3.63) is 79.3 Å². The quantitative estimate of drug-likeness (QED) is 0.220. The van der Waals surface area contributed by atoms with Gasteiger partial charge in [0.25, 0.3) is 10.1 Å². The monoisotopic (exact) mass is 465 g/mol. The molecule has 0 amide bonds. The number of rotatable bonds is 9. The molecule has 4 aromatic rings. The average Bonchev–Trinajstić information content (AvgIpc) is 3.32. The van der Waals surface area contributed by atoms with Gasteiger partial charge in [-0.2, -0.15) is 8.42 Å². The predicted octanol–water partition coefficient (Wildman–Crippen LogP) is 4.64. The summed E-state index contributed by atoms with van der Waals surface area (Å²) in [6.45, 7) is 0.660. The van der Waals surface area contributed by atoms with Crippen molar-refractivity contribution in [3.63, 3.8) is 0 Å². The molecular weight excluding hydrogens is 440 g/mol. The molecule has 0 aliphatic heterocycles. The molecule has 0 fully saturated rings. The van der Waals surface area contributed by atoms with Crippen molar-refractivity contribution in [1.29, 1.82) is 0 Å². The Morgan fingerprint density at radius 1 is 0.879 bits per heavy atom. The van der Waals surface area contributed by atoms with Crippen LogP contribution in [-0.4, -0.2) is 30.8 Å². The number of nitrogens with zero attached hydrogens (tertiary/aromatic N) is 2. The van der Waals surface area contributed by atoms with Crippen LogP contribution in [0.4, 0.5) is 0 Å². The molecule has 0 spiro atoms. The smallest absolute Gasteiger partial charge is 0.264 e. The third-order valence-corrected chi connectivity index (χ3v) is 6.11. The van der Waals surface area contributed by atoms with Gasteiger partial charge in [-0.05, 0) is 29.7 Å². The second kappa shape index (κ2) is 9.97. The molecule has 170 valence electrons. The number of ether oxygens (including phenoxy) is 1. The zero-order valence-electron chi connectivity index (χ0n) is 18.2. The van der Waals surface area contributed by atoms with E-state index in [-0.39, 0.29) is 5.75 Å². The van der Waals surface area contributed by atoms with Gasteiger partial charge in [0, 0.05) is 29.7 Å². The van der Waals surface area contributed by atoms with Gasteiger partial charge in [-0.3, -0.25) is 4.55 Å². The van der Waals surface area contributed by atoms with Crippen molar-refractivity contribution in [2.24, 2.45) is 0 Å². The van der Waals surface area contributed by atoms with Crippen LogP contribution in [0.25, 0.3) is 33.9 Å². The second-order valence-electron chi connectivity index (χ2n) is 7.65. The standard InChI is InChI=1S/C25H24N2O5S/c1-31-23-10-8-20(9-11-23)19-4-6-21(7-5-19)24-18-26-25(32-24)22-12-15-27(16-13-22)14-2-3-17-33(28,29)30/h4-13,15-16,18H,2-3,14,17H2,1H3/p+1. The highest BCUT2D eigenvalue weighted by Crippen LogP contribution is 2.28. The Kier molecular flexibility index (Phi) is 6.86. The first-order valence-corrected chi connectivity index (χ1v) is 12.2. The van der Waals surface area contributed by atoms with Crippen molar-refractivity contribution in [2.75, 3.05) is 12.9 Å². The largest absolute Gasteiger partial charge is 0.497 e. The van der Waals surface area contributed by atoms with Gasteiger partial charge in [0.2, 0.25) is 5.89 Å². The van der Waals surface area contributed by atoms with Gasteiger partial charge in [0.1, 0.15) is 12.3 Å². The maximum atomic E-state index is 10.8. The number of aryl methyl sites for hydroxylation is 1. The molecule has 8 heteroatoms. The van der Waals surface area contributed by atoms with Gasteiger partial charge in [-0.1, -0.05) is 36.4 Å². The molecule has 1 N–H and O–H groups in total. The Labute approximate surface area is 193 Å². The zero-order chi connectivity index (χ0) is 23.3. The summed E-state index contributed by atoms with van der Waals surface area (Å²) in [5, 5.41) is 0. The molecule has 0 saturated carbocycles. The molecule has 0 saturated heterocycles. The molecule has 0 atom stereocenters. The molecule has 0 bridgehead atoms. The Hall–Kier alpha value is -3.49. The van der Waals surface area contributed by atoms with E-state index in [1.807, 2.05) is 77.6 Å². The summed E-state index contributed by atoms with van der Waals surface area (Å²) in [4.78, 5) is 4.41. The van der Waals surface area contributed by atoms with Crippen molar-refractivity contribution in [2.45, 2.75) is 19.4 Å². The van der Waals surface area contributed by atoms with Crippen LogP contribution in [0, 0.1) is 0 Å². The highest BCUT2D eigenvalue weighted by molar-refractivity contribution is 7.85. The number of methoxy groups -OCH3 is 1. The van der Waals surface area contributed by atoms with Crippen LogP contribution in [0.1, 0.15) is 12.8 Å². The highest BCUT2D eigenvalue weighted by atomic mass is 32.2. The van der Waals surface area contributed by atoms with E-state index < -0.39 is 10.1 Å². The maximum Gasteiger partial charge on any atom is 0.264 e. The van der Waals surface area contributed by atoms with Crippen molar-refractivity contribution in [3.8, 4) is 39.7 Å². The number of oxazole rings is 1. The van der Waals surface area contributed by atoms with E-state index in [2.05, 4.69) is 4.98 Å². The van der Waals surface area contributed by atoms with E-state index in [4.69, 9.17) is 13.7 Å². The van der Waals surface area contributed by atoms with E-state index in [0.29, 0.717) is 31.0 Å². The summed E-state index contributed by atoms with van der Waals surface area (Å²) < 4.78 is 43.5. The number of aromatic nitrogens is 2. The first-order chi connectivity index (χ1) is 15.9. The summed E-state index contributed by atoms with van der Waals surface area (Å²) in [5.41, 5.74) is 4.00. The lowest BCUT2D eigenvalue weighted by Crippen LogP contribution is -2.32. The third-order valence-electron chi connectivity index (χ3n) is 5.31. The fraction of sp³-hybridized carbons (Fsp3) is 0.200. The van der Waals surface area contributed by atoms with Gasteiger partial charge in [-0.25, -0.2) is 9.55 Å². The van der Waals surface area contributed by atoms with Crippen LogP contribution >= 0.6 is 0 Å². The first kappa shape index (κ1) is 22.7. The number of hydrogen-bond acceptors (Lipinski definition) is 5. The summed E-state index contributed by atoms with van der Waals surface area (Å²) in [6, 6.07) is 19.9. The van der Waals surface area contributed by atoms with E-state index in [1.54, 1.807) is 13.3 Å². The molecule has 2 aromatic carbocycles. The van der Waals surface area contributed by atoms with Crippen LogP contribution in [0.5, 0.6) is 5.75 Å². The molecule has 2 heterocycles. The third kappa shape index (κ3) is 6.06. The molecule has 0 radical (unpaired) electrons. The SMILES string of the molecule is COc1ccc(-c2ccc(-c3cnc(-c4cc[n+](CCCCS(=O)(=O)O)cc4)o3)cc2)cc1. The first-order valence-electron chi connectivity index (χ1n) is 10.6. The summed E-state index contributed by atoms with van der Waals surface area (Å²) >= 11 is 0. The van der Waals surface area contributed by atoms with Crippen LogP contribution in [-0.2, 0) is 16.7 Å². The molecule has 2 aromatic heterocycles. The van der Waals surface area contributed by atoms with Gasteiger partial charge < -0.3 is 9.15 Å². The maximum absolute atomic E-state index is 10.8. The van der Waals surface area contributed by atoms with Crippen molar-refractivity contribution in [1.82, 2.24) is 4.98 Å². The van der Waals surface area contributed by atoms with E-state index in [9.17, 15) is 8.42 Å². The van der Waals surface area contributed by atoms with E-state index in [0.717, 1.165) is 28.0 Å². The summed E-state index contributed by atoms with van der Waals surface area (Å²) in [7, 11) is -2.24. The minimum atomic E-state index is -3.90. The fourth-order valence-corrected chi connectivity index (χ4v) is 4.05. The Morgan fingerprint density at radius 2 is 1.48 bits per heavy atom. The fourth-order valence-electron chi connectivity index (χ4n) is 3.48. The number of pyridine rings is 1. The topological polar surface area (TPSA) is 93.5 Å². The molecule has 0 unspecified atom stereocenters. The van der Waals surface area contributed by atoms with Crippen LogP contribution < -0.4 is 9.30 Å². The zero-order valence-corrected chi connectivity index (χ0v) is 19.0. The molecule has 4 rings (SSSR count). The Morgan fingerprint density at radius 3 is 2.09 bits per heavy atom. The lowest BCUT2D eigenvalue weighted by molar-refractivity contribution is -0.697. The van der Waals surface area contributed by atoms with Crippen molar-refractivity contribution < 1.29 is 26.7 Å². The van der Waals surface area contributed by atoms with Crippen LogP contribution in [0.2, 0.25) is 0 Å². The summed E-state index contributed by atoms with van der Waals surface area (Å²) in [6.07, 6.45) is 6.58. The number of unbranched alkanes of at least 4 members (excludes halogenated alkanes) is 1. The summed E-state index contributed by atoms with van der Waals surface area (Å²) in [5.74, 6) is 1.83. The lowest BCUT2D eigenvalue weighted by atomic mass is 10.0. The van der Waals surface area contributed by atoms with E-state index >= 15 is 0 Å². The van der Waals surface area contributed by atoms with Gasteiger partial charge >= 0.3 is 0 Å². The predicted molar refractivity (Wildman–Crippen MR) is 125 cm³/mol. The van der Waals surface area contributed by atoms with Crippen LogP contribution in [0.15, 0.2) is 83.7 Å². The van der Waals surface area contributed by atoms with E-state index in [1.165, 1.54) is 0 Å². The number of hydrogen-bond donors (Lipinski definition) is 1. The highest BCUT2D eigenvalue weighted by Gasteiger charge is 2.11. The minimum absolute atomic E-state index is 0.216. The van der Waals surface area contributed by atoms with Crippen molar-refractivity contribution >= 4 is 10.1 Å². The normalized spacial score (nSPS) is 11.5. The average molecular weight is 466 g/mol. The lowest BCUT2D eigenvalue weighted by Gasteiger charge is -2.04. The molecule has 0 aliphatic rings. The molecule has 33 heavy (non-hydrogen) atoms. The molecule has 0 aliphatic carbocycles. The van der Waals surface area contributed by atoms with Gasteiger partial charge in [0.15, 0.2) is 18.2 Å². The Bertz CT molecular complexity index is 1300. The molecular formula is C25H25N2O5S+.